The first-order valence-electron chi connectivity index (χ1n) is 7.99. The van der Waals surface area contributed by atoms with Crippen molar-refractivity contribution < 1.29 is 14.4 Å². The molecule has 0 aromatic rings. The molecule has 6 nitrogen and oxygen atoms in total. The van der Waals surface area contributed by atoms with Crippen molar-refractivity contribution in [1.82, 2.24) is 15.5 Å². The maximum absolute atomic E-state index is 12.4. The monoisotopic (exact) mass is 295 g/mol. The molecule has 1 heterocycles. The predicted octanol–water partition coefficient (Wildman–Crippen LogP) is 0.562. The van der Waals surface area contributed by atoms with E-state index in [0.29, 0.717) is 19.5 Å². The lowest BCUT2D eigenvalue weighted by Gasteiger charge is -2.29. The molecule has 118 valence electrons. The van der Waals surface area contributed by atoms with E-state index in [1.807, 2.05) is 6.92 Å². The van der Waals surface area contributed by atoms with Crippen LogP contribution in [0.15, 0.2) is 0 Å². The van der Waals surface area contributed by atoms with Gasteiger partial charge in [-0.3, -0.25) is 19.3 Å². The second-order valence-electron chi connectivity index (χ2n) is 5.81. The molecule has 1 atom stereocenters. The Morgan fingerprint density at radius 1 is 1.24 bits per heavy atom. The molecule has 6 heteroatoms. The average Bonchev–Trinajstić information content (AvgIpc) is 2.75. The van der Waals surface area contributed by atoms with Gasteiger partial charge in [-0.2, -0.15) is 0 Å². The molecule has 2 aliphatic rings. The molecule has 1 aliphatic carbocycles. The Labute approximate surface area is 125 Å². The summed E-state index contributed by atoms with van der Waals surface area (Å²) in [7, 11) is 0. The van der Waals surface area contributed by atoms with Gasteiger partial charge in [0.15, 0.2) is 0 Å². The van der Waals surface area contributed by atoms with Crippen LogP contribution >= 0.6 is 0 Å². The van der Waals surface area contributed by atoms with Gasteiger partial charge in [0, 0.05) is 25.6 Å². The maximum atomic E-state index is 12.4. The SMILES string of the molecule is CCNC(=O)CCNC1CC(=O)N(C2CCCCC2)C1=O. The largest absolute Gasteiger partial charge is 0.356 e. The van der Waals surface area contributed by atoms with Gasteiger partial charge >= 0.3 is 0 Å². The topological polar surface area (TPSA) is 78.5 Å². The van der Waals surface area contributed by atoms with E-state index in [9.17, 15) is 14.4 Å². The smallest absolute Gasteiger partial charge is 0.247 e. The summed E-state index contributed by atoms with van der Waals surface area (Å²) in [5, 5.41) is 5.76. The Kier molecular flexibility index (Phi) is 5.73. The first-order valence-corrected chi connectivity index (χ1v) is 7.99. The number of amides is 3. The van der Waals surface area contributed by atoms with Crippen LogP contribution in [0.2, 0.25) is 0 Å². The molecule has 1 saturated carbocycles. The van der Waals surface area contributed by atoms with Crippen LogP contribution in [0.3, 0.4) is 0 Å². The van der Waals surface area contributed by atoms with Gasteiger partial charge in [0.1, 0.15) is 0 Å². The predicted molar refractivity (Wildman–Crippen MR) is 78.4 cm³/mol. The van der Waals surface area contributed by atoms with E-state index in [1.54, 1.807) is 0 Å². The van der Waals surface area contributed by atoms with Crippen molar-refractivity contribution in [3.05, 3.63) is 0 Å². The third-order valence-electron chi connectivity index (χ3n) is 4.24. The number of rotatable bonds is 6. The van der Waals surface area contributed by atoms with Crippen molar-refractivity contribution in [3.8, 4) is 0 Å². The summed E-state index contributed by atoms with van der Waals surface area (Å²) in [5.41, 5.74) is 0. The first kappa shape index (κ1) is 15.9. The van der Waals surface area contributed by atoms with Crippen molar-refractivity contribution in [3.63, 3.8) is 0 Å². The van der Waals surface area contributed by atoms with E-state index < -0.39 is 6.04 Å². The highest BCUT2D eigenvalue weighted by Gasteiger charge is 2.42. The molecule has 0 aromatic carbocycles. The second-order valence-corrected chi connectivity index (χ2v) is 5.81. The van der Waals surface area contributed by atoms with Crippen molar-refractivity contribution in [1.29, 1.82) is 0 Å². The van der Waals surface area contributed by atoms with Gasteiger partial charge in [-0.05, 0) is 19.8 Å². The molecule has 2 fully saturated rings. The Morgan fingerprint density at radius 3 is 2.62 bits per heavy atom. The van der Waals surface area contributed by atoms with Crippen LogP contribution in [0.25, 0.3) is 0 Å². The van der Waals surface area contributed by atoms with Gasteiger partial charge < -0.3 is 10.6 Å². The summed E-state index contributed by atoms with van der Waals surface area (Å²) in [6.45, 7) is 2.90. The summed E-state index contributed by atoms with van der Waals surface area (Å²) in [4.78, 5) is 37.3. The summed E-state index contributed by atoms with van der Waals surface area (Å²) < 4.78 is 0. The lowest BCUT2D eigenvalue weighted by molar-refractivity contribution is -0.142. The fourth-order valence-corrected chi connectivity index (χ4v) is 3.18. The van der Waals surface area contributed by atoms with Crippen molar-refractivity contribution >= 4 is 17.7 Å². The van der Waals surface area contributed by atoms with Gasteiger partial charge in [0.05, 0.1) is 12.5 Å². The van der Waals surface area contributed by atoms with Gasteiger partial charge in [-0.1, -0.05) is 19.3 Å². The first-order chi connectivity index (χ1) is 10.1. The van der Waals surface area contributed by atoms with Crippen LogP contribution in [0.1, 0.15) is 51.9 Å². The van der Waals surface area contributed by atoms with E-state index in [-0.39, 0.29) is 30.2 Å². The average molecular weight is 295 g/mol. The second kappa shape index (κ2) is 7.54. The zero-order valence-electron chi connectivity index (χ0n) is 12.7. The minimum atomic E-state index is -0.450. The van der Waals surface area contributed by atoms with Crippen LogP contribution in [0.5, 0.6) is 0 Å². The summed E-state index contributed by atoms with van der Waals surface area (Å²) in [6.07, 6.45) is 5.81. The van der Waals surface area contributed by atoms with Crippen molar-refractivity contribution in [2.24, 2.45) is 0 Å². The van der Waals surface area contributed by atoms with Crippen molar-refractivity contribution in [2.45, 2.75) is 64.0 Å². The highest BCUT2D eigenvalue weighted by Crippen LogP contribution is 2.27. The molecule has 0 spiro atoms. The molecule has 21 heavy (non-hydrogen) atoms. The van der Waals surface area contributed by atoms with Gasteiger partial charge in [-0.15, -0.1) is 0 Å². The fourth-order valence-electron chi connectivity index (χ4n) is 3.18. The lowest BCUT2D eigenvalue weighted by Crippen LogP contribution is -2.45. The number of carbonyl (C=O) groups excluding carboxylic acids is 3. The molecular formula is C15H25N3O3. The Balaban J connectivity index is 1.81. The summed E-state index contributed by atoms with van der Waals surface area (Å²) >= 11 is 0. The van der Waals surface area contributed by atoms with E-state index in [0.717, 1.165) is 25.7 Å². The molecule has 1 aliphatic heterocycles. The molecule has 1 unspecified atom stereocenters. The Morgan fingerprint density at radius 2 is 1.95 bits per heavy atom. The number of nitrogens with one attached hydrogen (secondary N) is 2. The maximum Gasteiger partial charge on any atom is 0.247 e. The van der Waals surface area contributed by atoms with Crippen LogP contribution < -0.4 is 10.6 Å². The minimum absolute atomic E-state index is 0.0362. The van der Waals surface area contributed by atoms with E-state index in [4.69, 9.17) is 0 Å². The molecule has 0 radical (unpaired) electrons. The molecule has 3 amide bonds. The minimum Gasteiger partial charge on any atom is -0.356 e. The molecular weight excluding hydrogens is 270 g/mol. The van der Waals surface area contributed by atoms with E-state index in [2.05, 4.69) is 10.6 Å². The van der Waals surface area contributed by atoms with E-state index in [1.165, 1.54) is 11.3 Å². The third-order valence-corrected chi connectivity index (χ3v) is 4.24. The number of hydrogen-bond donors (Lipinski definition) is 2. The molecule has 1 saturated heterocycles. The normalized spacial score (nSPS) is 23.7. The quantitative estimate of drug-likeness (QED) is 0.702. The molecule has 0 bridgehead atoms. The lowest BCUT2D eigenvalue weighted by atomic mass is 9.94. The zero-order valence-corrected chi connectivity index (χ0v) is 12.7. The van der Waals surface area contributed by atoms with E-state index >= 15 is 0 Å². The number of nitrogens with zero attached hydrogens (tertiary/aromatic N) is 1. The standard InChI is InChI=1S/C15H25N3O3/c1-2-16-13(19)8-9-17-12-10-14(20)18(15(12)21)11-6-4-3-5-7-11/h11-12,17H,2-10H2,1H3,(H,16,19). The zero-order chi connectivity index (χ0) is 15.2. The number of likely N-dealkylation sites (tertiary alicyclic amines) is 1. The Hall–Kier alpha value is -1.43. The van der Waals surface area contributed by atoms with Crippen LogP contribution in [0.4, 0.5) is 0 Å². The number of hydrogen-bond acceptors (Lipinski definition) is 4. The van der Waals surface area contributed by atoms with Gasteiger partial charge in [0.25, 0.3) is 0 Å². The third kappa shape index (κ3) is 4.03. The molecule has 0 aromatic heterocycles. The molecule has 2 N–H and O–H groups in total. The highest BCUT2D eigenvalue weighted by atomic mass is 16.2. The van der Waals surface area contributed by atoms with Crippen LogP contribution in [-0.2, 0) is 14.4 Å². The van der Waals surface area contributed by atoms with Gasteiger partial charge in [0.2, 0.25) is 17.7 Å². The van der Waals surface area contributed by atoms with Crippen molar-refractivity contribution in [2.75, 3.05) is 13.1 Å². The number of carbonyl (C=O) groups is 3. The van der Waals surface area contributed by atoms with Gasteiger partial charge in [-0.25, -0.2) is 0 Å². The Bertz CT molecular complexity index is 405. The van der Waals surface area contributed by atoms with Crippen LogP contribution in [0, 0.1) is 0 Å². The number of imide groups is 1. The summed E-state index contributed by atoms with van der Waals surface area (Å²) in [5.74, 6) is -0.212. The van der Waals surface area contributed by atoms with Crippen LogP contribution in [-0.4, -0.2) is 47.8 Å². The molecule has 2 rings (SSSR count). The highest BCUT2D eigenvalue weighted by molar-refractivity contribution is 6.05. The summed E-state index contributed by atoms with van der Waals surface area (Å²) in [6, 6.07) is -0.359. The fraction of sp³-hybridized carbons (Fsp3) is 0.800.